The molecule has 4 amide bonds. The minimum Gasteiger partial charge on any atom is -0.394 e. The van der Waals surface area contributed by atoms with Gasteiger partial charge in [-0.1, -0.05) is 0 Å². The second kappa shape index (κ2) is 16.3. The average molecular weight is 748 g/mol. The number of rotatable bonds is 18. The van der Waals surface area contributed by atoms with E-state index in [0.717, 1.165) is 19.4 Å². The Labute approximate surface area is 303 Å². The summed E-state index contributed by atoms with van der Waals surface area (Å²) in [5.74, 6) is -3.04. The molecule has 4 heterocycles. The van der Waals surface area contributed by atoms with Gasteiger partial charge in [0, 0.05) is 87.6 Å². The highest BCUT2D eigenvalue weighted by molar-refractivity contribution is 7.53. The van der Waals surface area contributed by atoms with E-state index in [2.05, 4.69) is 10.6 Å². The predicted octanol–water partition coefficient (Wildman–Crippen LogP) is 4.43. The minimum absolute atomic E-state index is 0.0255. The lowest BCUT2D eigenvalue weighted by Crippen LogP contribution is -2.50. The van der Waals surface area contributed by atoms with Crippen LogP contribution in [0.25, 0.3) is 6.08 Å². The number of unbranched alkanes of at least 4 members (excludes halogenated alkanes) is 1. The minimum atomic E-state index is -4.20. The second-order valence-electron chi connectivity index (χ2n) is 14.5. The average Bonchev–Trinajstić information content (AvgIpc) is 3.64. The van der Waals surface area contributed by atoms with E-state index >= 15 is 8.63 Å². The standard InChI is InChI=1S/C35H49BF2N5O8P/c1-23-18-25(3)42-29(23)21-30-24(2)19-27(43(30)36(42,37)38)11-12-28(44)20-26(22-50-52(7,49)51-35(4,5)6)34(48)40-15-9-8-10-31(45)39-16-17-41-32(46)13-14-33(41)47/h13-14,18-19,21,26H,8-12,15-17,20,22H2,1-7H3,(H,39,45)(H,40,48). The van der Waals surface area contributed by atoms with Gasteiger partial charge in [0.25, 0.3) is 11.8 Å². The Balaban J connectivity index is 1.32. The number of amides is 4. The van der Waals surface area contributed by atoms with E-state index in [1.54, 1.807) is 59.8 Å². The third-order valence-electron chi connectivity index (χ3n) is 8.86. The quantitative estimate of drug-likeness (QED) is 0.0968. The summed E-state index contributed by atoms with van der Waals surface area (Å²) < 4.78 is 58.2. The SMILES string of the molecule is CC1=CC(CCC(=O)CC(COP(C)(=O)OC(C)(C)C)C(=O)NCCCCC(=O)NCCN2C(=O)C=CC2=O)=[N+]2C1=Cc1c(C)cc(C)n1[B-]2(F)F. The number of ketones is 1. The first-order valence-electron chi connectivity index (χ1n) is 17.5. The fourth-order valence-electron chi connectivity index (χ4n) is 6.59. The molecule has 2 N–H and O–H groups in total. The van der Waals surface area contributed by atoms with Crippen LogP contribution >= 0.6 is 7.60 Å². The first-order chi connectivity index (χ1) is 24.2. The number of hydrogen-bond donors (Lipinski definition) is 2. The molecule has 3 aliphatic rings. The van der Waals surface area contributed by atoms with Crippen molar-refractivity contribution in [3.05, 3.63) is 52.5 Å². The van der Waals surface area contributed by atoms with E-state index in [4.69, 9.17) is 9.05 Å². The maximum atomic E-state index is 16.0. The second-order valence-corrected chi connectivity index (χ2v) is 16.5. The Morgan fingerprint density at radius 3 is 2.33 bits per heavy atom. The van der Waals surface area contributed by atoms with Gasteiger partial charge < -0.3 is 37.3 Å². The van der Waals surface area contributed by atoms with Gasteiger partial charge in [-0.3, -0.25) is 33.4 Å². The van der Waals surface area contributed by atoms with Crippen molar-refractivity contribution in [2.75, 3.05) is 32.9 Å². The van der Waals surface area contributed by atoms with Crippen molar-refractivity contribution in [2.24, 2.45) is 5.92 Å². The molecule has 0 saturated carbocycles. The van der Waals surface area contributed by atoms with Gasteiger partial charge in [0.05, 0.1) is 18.1 Å². The smallest absolute Gasteiger partial charge is 0.394 e. The molecule has 3 aliphatic heterocycles. The van der Waals surface area contributed by atoms with E-state index in [9.17, 15) is 28.5 Å². The summed E-state index contributed by atoms with van der Waals surface area (Å²) in [6.45, 7) is 7.40. The van der Waals surface area contributed by atoms with Crippen LogP contribution in [0.15, 0.2) is 35.6 Å². The van der Waals surface area contributed by atoms with Gasteiger partial charge in [-0.25, -0.2) is 0 Å². The van der Waals surface area contributed by atoms with Crippen LogP contribution in [0.4, 0.5) is 8.63 Å². The number of imide groups is 1. The Morgan fingerprint density at radius 2 is 1.67 bits per heavy atom. The van der Waals surface area contributed by atoms with E-state index in [1.165, 1.54) is 18.8 Å². The van der Waals surface area contributed by atoms with Crippen molar-refractivity contribution < 1.29 is 50.7 Å². The molecule has 0 aromatic carbocycles. The normalized spacial score (nSPS) is 18.1. The highest BCUT2D eigenvalue weighted by atomic mass is 31.2. The summed E-state index contributed by atoms with van der Waals surface area (Å²) in [7, 11) is -3.61. The van der Waals surface area contributed by atoms with Crippen molar-refractivity contribution in [1.29, 1.82) is 0 Å². The molecular formula is C35H49BF2N5O8P. The van der Waals surface area contributed by atoms with Gasteiger partial charge >= 0.3 is 14.6 Å². The molecule has 0 aliphatic carbocycles. The topological polar surface area (TPSA) is 156 Å². The van der Waals surface area contributed by atoms with Crippen molar-refractivity contribution in [3.63, 3.8) is 0 Å². The number of nitrogens with one attached hydrogen (secondary N) is 2. The number of hydrogen-bond acceptors (Lipinski definition) is 8. The number of fused-ring (bicyclic) bond motifs is 2. The van der Waals surface area contributed by atoms with Crippen LogP contribution < -0.4 is 10.6 Å². The molecular weight excluding hydrogens is 698 g/mol. The summed E-state index contributed by atoms with van der Waals surface area (Å²) in [6, 6.07) is 1.73. The van der Waals surface area contributed by atoms with Gasteiger partial charge in [-0.15, -0.1) is 0 Å². The number of aromatic nitrogens is 1. The molecule has 0 saturated heterocycles. The molecule has 0 spiro atoms. The third-order valence-corrected chi connectivity index (χ3v) is 10.4. The fraction of sp³-hybridized carbons (Fsp3) is 0.543. The molecule has 2 atom stereocenters. The zero-order valence-corrected chi connectivity index (χ0v) is 31.8. The molecule has 13 nitrogen and oxygen atoms in total. The number of nitrogens with zero attached hydrogens (tertiary/aromatic N) is 3. The Kier molecular flexibility index (Phi) is 12.8. The number of halogens is 2. The van der Waals surface area contributed by atoms with Gasteiger partial charge in [0.15, 0.2) is 5.70 Å². The van der Waals surface area contributed by atoms with Crippen molar-refractivity contribution in [1.82, 2.24) is 20.0 Å². The number of carbonyl (C=O) groups is 5. The summed E-state index contributed by atoms with van der Waals surface area (Å²) >= 11 is 0. The zero-order valence-electron chi connectivity index (χ0n) is 30.9. The number of Topliss-reactive ketones (excluding diaryl/α,β-unsaturated/α-hetero) is 1. The van der Waals surface area contributed by atoms with Gasteiger partial charge in [0.1, 0.15) is 11.5 Å². The largest absolute Gasteiger partial charge is 0.737 e. The van der Waals surface area contributed by atoms with Crippen LogP contribution in [0.5, 0.6) is 0 Å². The third kappa shape index (κ3) is 10.1. The summed E-state index contributed by atoms with van der Waals surface area (Å²) in [5, 5.41) is 5.41. The highest BCUT2D eigenvalue weighted by Gasteiger charge is 2.53. The predicted molar refractivity (Wildman–Crippen MR) is 193 cm³/mol. The van der Waals surface area contributed by atoms with E-state index in [1.807, 2.05) is 0 Å². The van der Waals surface area contributed by atoms with E-state index < -0.39 is 43.8 Å². The maximum absolute atomic E-state index is 16.0. The van der Waals surface area contributed by atoms with Gasteiger partial charge in [-0.2, -0.15) is 0 Å². The van der Waals surface area contributed by atoms with Crippen LogP contribution in [0.3, 0.4) is 0 Å². The van der Waals surface area contributed by atoms with Crippen LogP contribution in [0.1, 0.15) is 83.2 Å². The zero-order chi connectivity index (χ0) is 38.6. The maximum Gasteiger partial charge on any atom is 0.737 e. The Hall–Kier alpha value is -4.01. The van der Waals surface area contributed by atoms with Crippen molar-refractivity contribution in [2.45, 2.75) is 85.7 Å². The lowest BCUT2D eigenvalue weighted by molar-refractivity contribution is -0.363. The monoisotopic (exact) mass is 747 g/mol. The van der Waals surface area contributed by atoms with Crippen LogP contribution in [-0.2, 0) is 37.6 Å². The molecule has 0 bridgehead atoms. The Bertz CT molecular complexity index is 1790. The lowest BCUT2D eigenvalue weighted by Gasteiger charge is -2.31. The molecule has 1 aromatic rings. The molecule has 2 unspecified atom stereocenters. The molecule has 0 radical (unpaired) electrons. The van der Waals surface area contributed by atoms with Crippen molar-refractivity contribution in [3.8, 4) is 0 Å². The van der Waals surface area contributed by atoms with Gasteiger partial charge in [0.2, 0.25) is 11.8 Å². The number of carbonyl (C=O) groups excluding carboxylic acids is 5. The fourth-order valence-corrected chi connectivity index (χ4v) is 8.09. The van der Waals surface area contributed by atoms with Crippen LogP contribution in [0, 0.1) is 19.8 Å². The first kappa shape index (κ1) is 40.8. The molecule has 284 valence electrons. The molecule has 52 heavy (non-hydrogen) atoms. The van der Waals surface area contributed by atoms with E-state index in [-0.39, 0.29) is 63.6 Å². The molecule has 17 heteroatoms. The molecule has 0 fully saturated rings. The van der Waals surface area contributed by atoms with Crippen molar-refractivity contribution >= 4 is 55.8 Å². The summed E-state index contributed by atoms with van der Waals surface area (Å²) in [5.41, 5.74) is 2.24. The lowest BCUT2D eigenvalue weighted by atomic mass is 9.89. The highest BCUT2D eigenvalue weighted by Crippen LogP contribution is 2.48. The first-order valence-corrected chi connectivity index (χ1v) is 19.5. The summed E-state index contributed by atoms with van der Waals surface area (Å²) in [4.78, 5) is 63.0. The molecule has 1 aromatic heterocycles. The number of allylic oxidation sites excluding steroid dienone is 2. The van der Waals surface area contributed by atoms with Crippen LogP contribution in [-0.4, -0.2) is 94.5 Å². The number of aryl methyl sites for hydroxylation is 2. The van der Waals surface area contributed by atoms with Gasteiger partial charge in [-0.05, 0) is 71.7 Å². The Morgan fingerprint density at radius 1 is 1.00 bits per heavy atom. The van der Waals surface area contributed by atoms with E-state index in [0.29, 0.717) is 41.2 Å². The van der Waals surface area contributed by atoms with Crippen LogP contribution in [0.2, 0.25) is 0 Å². The summed E-state index contributed by atoms with van der Waals surface area (Å²) in [6.07, 6.45) is 6.40. The molecule has 4 rings (SSSR count).